The van der Waals surface area contributed by atoms with Crippen molar-refractivity contribution >= 4 is 28.7 Å². The van der Waals surface area contributed by atoms with E-state index in [0.29, 0.717) is 79.2 Å². The molecule has 1 amide bonds. The van der Waals surface area contributed by atoms with E-state index in [1.54, 1.807) is 41.3 Å². The highest BCUT2D eigenvalue weighted by Crippen LogP contribution is 2.42. The van der Waals surface area contributed by atoms with Gasteiger partial charge in [-0.3, -0.25) is 19.8 Å². The highest BCUT2D eigenvalue weighted by molar-refractivity contribution is 6.12. The number of nitro benzene ring substituents is 1. The number of benzene rings is 3. The van der Waals surface area contributed by atoms with E-state index in [0.717, 1.165) is 0 Å². The number of hydrogen-bond acceptors (Lipinski definition) is 8. The second-order valence-corrected chi connectivity index (χ2v) is 8.70. The van der Waals surface area contributed by atoms with Crippen molar-refractivity contribution in [2.45, 2.75) is 6.17 Å². The van der Waals surface area contributed by atoms with E-state index < -0.39 is 6.17 Å². The third kappa shape index (κ3) is 3.85. The van der Waals surface area contributed by atoms with Gasteiger partial charge in [-0.15, -0.1) is 0 Å². The van der Waals surface area contributed by atoms with Crippen molar-refractivity contribution in [1.82, 2.24) is 0 Å². The second-order valence-electron chi connectivity index (χ2n) is 8.70. The van der Waals surface area contributed by atoms with Crippen LogP contribution in [0.15, 0.2) is 60.7 Å². The van der Waals surface area contributed by atoms with Gasteiger partial charge in [0.05, 0.1) is 29.4 Å². The molecule has 0 spiro atoms. The number of carbonyl (C=O) groups excluding carboxylic acids is 1. The first-order chi connectivity index (χ1) is 17.6. The van der Waals surface area contributed by atoms with Gasteiger partial charge in [-0.05, 0) is 30.3 Å². The fraction of sp³-hybridized carbons (Fsp3) is 0.269. The number of ether oxygens (including phenoxy) is 3. The van der Waals surface area contributed by atoms with Gasteiger partial charge in [0.2, 0.25) is 0 Å². The first kappa shape index (κ1) is 22.2. The molecule has 3 aliphatic rings. The number of nitro groups is 1. The summed E-state index contributed by atoms with van der Waals surface area (Å²) in [5.41, 5.74) is 2.90. The molecule has 6 rings (SSSR count). The molecule has 0 radical (unpaired) electrons. The Hall–Kier alpha value is -4.31. The van der Waals surface area contributed by atoms with Crippen LogP contribution in [0.1, 0.15) is 22.1 Å². The maximum Gasteiger partial charge on any atom is 0.292 e. The van der Waals surface area contributed by atoms with Crippen molar-refractivity contribution in [3.8, 4) is 11.5 Å². The van der Waals surface area contributed by atoms with Crippen LogP contribution in [-0.2, 0) is 4.74 Å². The Morgan fingerprint density at radius 1 is 0.917 bits per heavy atom. The number of anilines is 3. The maximum atomic E-state index is 13.8. The molecule has 1 fully saturated rings. The summed E-state index contributed by atoms with van der Waals surface area (Å²) in [4.78, 5) is 29.0. The van der Waals surface area contributed by atoms with Crippen LogP contribution in [0, 0.1) is 10.1 Å². The van der Waals surface area contributed by atoms with Gasteiger partial charge in [0, 0.05) is 36.5 Å². The Balaban J connectivity index is 1.45. The molecule has 1 N–H and O–H groups in total. The van der Waals surface area contributed by atoms with Gasteiger partial charge in [0.25, 0.3) is 11.6 Å². The molecule has 10 heteroatoms. The van der Waals surface area contributed by atoms with Gasteiger partial charge in [-0.2, -0.15) is 0 Å². The molecule has 184 valence electrons. The zero-order valence-electron chi connectivity index (χ0n) is 19.4. The number of rotatable bonds is 4. The number of hydrogen-bond donors (Lipinski definition) is 1. The van der Waals surface area contributed by atoms with Gasteiger partial charge in [0.15, 0.2) is 11.5 Å². The van der Waals surface area contributed by atoms with E-state index >= 15 is 0 Å². The van der Waals surface area contributed by atoms with Crippen LogP contribution in [0.25, 0.3) is 0 Å². The Labute approximate surface area is 207 Å². The normalized spacial score (nSPS) is 18.9. The van der Waals surface area contributed by atoms with Crippen LogP contribution in [0.2, 0.25) is 0 Å². The Bertz CT molecular complexity index is 1340. The maximum absolute atomic E-state index is 13.8. The van der Waals surface area contributed by atoms with E-state index in [9.17, 15) is 14.9 Å². The van der Waals surface area contributed by atoms with Gasteiger partial charge in [0.1, 0.15) is 25.1 Å². The lowest BCUT2D eigenvalue weighted by Gasteiger charge is -2.38. The summed E-state index contributed by atoms with van der Waals surface area (Å²) in [7, 11) is 0. The Kier molecular flexibility index (Phi) is 5.57. The zero-order chi connectivity index (χ0) is 24.6. The van der Waals surface area contributed by atoms with Crippen molar-refractivity contribution in [1.29, 1.82) is 0 Å². The first-order valence-corrected chi connectivity index (χ1v) is 11.8. The van der Waals surface area contributed by atoms with E-state index in [1.807, 2.05) is 29.2 Å². The minimum Gasteiger partial charge on any atom is -0.486 e. The van der Waals surface area contributed by atoms with Gasteiger partial charge < -0.3 is 24.4 Å². The van der Waals surface area contributed by atoms with Crippen molar-refractivity contribution < 1.29 is 23.9 Å². The fourth-order valence-electron chi connectivity index (χ4n) is 4.86. The average Bonchev–Trinajstić information content (AvgIpc) is 2.93. The van der Waals surface area contributed by atoms with Gasteiger partial charge in [-0.1, -0.05) is 18.2 Å². The smallest absolute Gasteiger partial charge is 0.292 e. The fourth-order valence-corrected chi connectivity index (χ4v) is 4.86. The molecule has 3 aromatic carbocycles. The summed E-state index contributed by atoms with van der Waals surface area (Å²) < 4.78 is 16.8. The summed E-state index contributed by atoms with van der Waals surface area (Å²) in [6, 6.07) is 17.7. The number of morpholine rings is 1. The lowest BCUT2D eigenvalue weighted by Crippen LogP contribution is -2.43. The zero-order valence-corrected chi connectivity index (χ0v) is 19.4. The first-order valence-electron chi connectivity index (χ1n) is 11.8. The summed E-state index contributed by atoms with van der Waals surface area (Å²) in [6.07, 6.45) is -0.674. The van der Waals surface area contributed by atoms with Crippen LogP contribution in [0.3, 0.4) is 0 Å². The molecule has 1 saturated heterocycles. The van der Waals surface area contributed by atoms with Crippen LogP contribution in [0.5, 0.6) is 11.5 Å². The minimum atomic E-state index is -0.674. The predicted octanol–water partition coefficient (Wildman–Crippen LogP) is 3.97. The molecule has 10 nitrogen and oxygen atoms in total. The van der Waals surface area contributed by atoms with Gasteiger partial charge >= 0.3 is 0 Å². The molecule has 3 aliphatic heterocycles. The Morgan fingerprint density at radius 3 is 2.50 bits per heavy atom. The molecule has 3 aromatic rings. The lowest BCUT2D eigenvalue weighted by atomic mass is 10.0. The van der Waals surface area contributed by atoms with Crippen LogP contribution < -0.4 is 24.6 Å². The molecule has 0 saturated carbocycles. The number of nitrogens with one attached hydrogen (secondary N) is 1. The molecule has 0 bridgehead atoms. The van der Waals surface area contributed by atoms with Crippen molar-refractivity contribution in [3.63, 3.8) is 0 Å². The third-order valence-electron chi connectivity index (χ3n) is 6.59. The summed E-state index contributed by atoms with van der Waals surface area (Å²) in [6.45, 7) is 3.09. The molecule has 0 aliphatic carbocycles. The molecular weight excluding hydrogens is 464 g/mol. The third-order valence-corrected chi connectivity index (χ3v) is 6.59. The average molecular weight is 489 g/mol. The molecule has 1 unspecified atom stereocenters. The number of fused-ring (bicyclic) bond motifs is 2. The van der Waals surface area contributed by atoms with E-state index in [1.165, 1.54) is 0 Å². The standard InChI is InChI=1S/C26H24N4O6/c31-26-19-3-1-2-4-20(19)27-25(29(26)18-6-8-23-24(16-18)36-14-13-35-23)17-5-7-21(22(15-17)30(32)33)28-9-11-34-12-10-28/h1-8,15-16,25,27H,9-14H2. The number of nitrogens with zero attached hydrogens (tertiary/aromatic N) is 3. The molecule has 0 aromatic heterocycles. The quantitative estimate of drug-likeness (QED) is 0.434. The highest BCUT2D eigenvalue weighted by atomic mass is 16.6. The molecule has 3 heterocycles. The molecule has 36 heavy (non-hydrogen) atoms. The minimum absolute atomic E-state index is 0.00960. The Morgan fingerprint density at radius 2 is 1.69 bits per heavy atom. The number of amides is 1. The topological polar surface area (TPSA) is 106 Å². The SMILES string of the molecule is O=C1c2ccccc2NC(c2ccc(N3CCOCC3)c([N+](=O)[O-])c2)N1c1ccc2c(c1)OCCO2. The highest BCUT2D eigenvalue weighted by Gasteiger charge is 2.36. The van der Waals surface area contributed by atoms with Crippen molar-refractivity contribution in [2.75, 3.05) is 54.6 Å². The summed E-state index contributed by atoms with van der Waals surface area (Å²) in [5.74, 6) is 0.952. The van der Waals surface area contributed by atoms with Crippen LogP contribution in [-0.4, -0.2) is 50.3 Å². The summed E-state index contributed by atoms with van der Waals surface area (Å²) in [5, 5.41) is 15.5. The largest absolute Gasteiger partial charge is 0.486 e. The van der Waals surface area contributed by atoms with E-state index in [-0.39, 0.29) is 16.5 Å². The number of carbonyl (C=O) groups is 1. The van der Waals surface area contributed by atoms with Crippen LogP contribution in [0.4, 0.5) is 22.7 Å². The van der Waals surface area contributed by atoms with Crippen LogP contribution >= 0.6 is 0 Å². The van der Waals surface area contributed by atoms with Crippen molar-refractivity contribution in [3.05, 3.63) is 81.9 Å². The lowest BCUT2D eigenvalue weighted by molar-refractivity contribution is -0.384. The predicted molar refractivity (Wildman–Crippen MR) is 133 cm³/mol. The molecule has 1 atom stereocenters. The van der Waals surface area contributed by atoms with Gasteiger partial charge in [-0.25, -0.2) is 0 Å². The summed E-state index contributed by atoms with van der Waals surface area (Å²) >= 11 is 0. The molecular formula is C26H24N4O6. The van der Waals surface area contributed by atoms with Crippen molar-refractivity contribution in [2.24, 2.45) is 0 Å². The number of para-hydroxylation sites is 1. The van der Waals surface area contributed by atoms with E-state index in [2.05, 4.69) is 5.32 Å². The second kappa shape index (κ2) is 9.04. The van der Waals surface area contributed by atoms with E-state index in [4.69, 9.17) is 14.2 Å². The monoisotopic (exact) mass is 488 g/mol.